The maximum absolute atomic E-state index is 13.4. The first-order valence-electron chi connectivity index (χ1n) is 12.2. The summed E-state index contributed by atoms with van der Waals surface area (Å²) in [4.78, 5) is 44.0. The maximum atomic E-state index is 13.4. The van der Waals surface area contributed by atoms with E-state index in [0.29, 0.717) is 18.7 Å². The van der Waals surface area contributed by atoms with E-state index < -0.39 is 17.5 Å². The number of hydrogen-bond donors (Lipinski definition) is 1. The molecule has 36 heavy (non-hydrogen) atoms. The standard InChI is InChI=1S/C28H30N4O4/c1-4-31-17-22(36-24-12-8-7-11-23(24)31)16-30(3)25(33)18-32-26(34)28(2,29-27(32)35)21-14-13-19-9-5-6-10-20(19)15-21/h5-15,22H,4,16-18H2,1-3H3,(H,29,35)/t22-,28+/m0/s1. The number of ether oxygens (including phenoxy) is 1. The van der Waals surface area contributed by atoms with Crippen LogP contribution in [0.1, 0.15) is 19.4 Å². The second-order valence-corrected chi connectivity index (χ2v) is 9.53. The molecule has 2 atom stereocenters. The number of carbonyl (C=O) groups excluding carboxylic acids is 3. The number of rotatable bonds is 6. The molecule has 5 rings (SSSR count). The number of nitrogens with zero attached hydrogens (tertiary/aromatic N) is 3. The lowest BCUT2D eigenvalue weighted by Crippen LogP contribution is -2.49. The lowest BCUT2D eigenvalue weighted by atomic mass is 9.90. The van der Waals surface area contributed by atoms with Crippen molar-refractivity contribution in [3.63, 3.8) is 0 Å². The van der Waals surface area contributed by atoms with Crippen LogP contribution in [0.4, 0.5) is 10.5 Å². The first-order chi connectivity index (χ1) is 17.3. The van der Waals surface area contributed by atoms with Crippen molar-refractivity contribution in [1.82, 2.24) is 15.1 Å². The van der Waals surface area contributed by atoms with Crippen molar-refractivity contribution in [2.75, 3.05) is 38.1 Å². The third-order valence-electron chi connectivity index (χ3n) is 7.10. The number of hydrogen-bond acceptors (Lipinski definition) is 5. The van der Waals surface area contributed by atoms with Gasteiger partial charge in [-0.05, 0) is 48.4 Å². The molecule has 0 saturated carbocycles. The molecule has 2 heterocycles. The molecule has 1 fully saturated rings. The van der Waals surface area contributed by atoms with Crippen LogP contribution in [0.2, 0.25) is 0 Å². The molecule has 2 aliphatic heterocycles. The molecule has 0 unspecified atom stereocenters. The van der Waals surface area contributed by atoms with Gasteiger partial charge in [-0.25, -0.2) is 4.79 Å². The Morgan fingerprint density at radius 3 is 2.58 bits per heavy atom. The molecule has 1 N–H and O–H groups in total. The summed E-state index contributed by atoms with van der Waals surface area (Å²) < 4.78 is 6.13. The number of carbonyl (C=O) groups is 3. The highest BCUT2D eigenvalue weighted by atomic mass is 16.5. The number of amides is 4. The minimum absolute atomic E-state index is 0.222. The maximum Gasteiger partial charge on any atom is 0.325 e. The van der Waals surface area contributed by atoms with Crippen molar-refractivity contribution in [2.24, 2.45) is 0 Å². The molecule has 186 valence electrons. The van der Waals surface area contributed by atoms with Gasteiger partial charge >= 0.3 is 6.03 Å². The molecule has 8 nitrogen and oxygen atoms in total. The van der Waals surface area contributed by atoms with Crippen LogP contribution < -0.4 is 15.0 Å². The molecule has 8 heteroatoms. The Bertz CT molecular complexity index is 1340. The molecule has 3 aromatic rings. The fourth-order valence-corrected chi connectivity index (χ4v) is 4.97. The number of nitrogens with one attached hydrogen (secondary N) is 1. The number of benzene rings is 3. The smallest absolute Gasteiger partial charge is 0.325 e. The molecule has 0 bridgehead atoms. The summed E-state index contributed by atoms with van der Waals surface area (Å²) in [6, 6.07) is 20.8. The van der Waals surface area contributed by atoms with Crippen LogP contribution in [0.5, 0.6) is 5.75 Å². The van der Waals surface area contributed by atoms with Crippen molar-refractivity contribution in [3.05, 3.63) is 72.3 Å². The van der Waals surface area contributed by atoms with Gasteiger partial charge in [0, 0.05) is 13.6 Å². The molecular weight excluding hydrogens is 456 g/mol. The zero-order valence-electron chi connectivity index (χ0n) is 20.7. The number of para-hydroxylation sites is 2. The largest absolute Gasteiger partial charge is 0.485 e. The summed E-state index contributed by atoms with van der Waals surface area (Å²) in [6.45, 7) is 5.25. The van der Waals surface area contributed by atoms with Gasteiger partial charge < -0.3 is 19.9 Å². The molecule has 2 aliphatic rings. The van der Waals surface area contributed by atoms with E-state index in [1.165, 1.54) is 4.90 Å². The van der Waals surface area contributed by atoms with Crippen LogP contribution in [0, 0.1) is 0 Å². The van der Waals surface area contributed by atoms with Gasteiger partial charge in [-0.15, -0.1) is 0 Å². The zero-order valence-corrected chi connectivity index (χ0v) is 20.7. The normalized spacial score (nSPS) is 21.2. The van der Waals surface area contributed by atoms with E-state index in [0.717, 1.165) is 33.7 Å². The van der Waals surface area contributed by atoms with Crippen LogP contribution in [0.3, 0.4) is 0 Å². The molecule has 0 aromatic heterocycles. The van der Waals surface area contributed by atoms with Crippen molar-refractivity contribution in [2.45, 2.75) is 25.5 Å². The summed E-state index contributed by atoms with van der Waals surface area (Å²) in [5, 5.41) is 4.82. The van der Waals surface area contributed by atoms with Crippen LogP contribution >= 0.6 is 0 Å². The van der Waals surface area contributed by atoms with E-state index in [4.69, 9.17) is 4.74 Å². The highest BCUT2D eigenvalue weighted by Gasteiger charge is 2.49. The van der Waals surface area contributed by atoms with Crippen LogP contribution in [0.15, 0.2) is 66.7 Å². The highest BCUT2D eigenvalue weighted by Crippen LogP contribution is 2.33. The van der Waals surface area contributed by atoms with E-state index >= 15 is 0 Å². The van der Waals surface area contributed by atoms with Gasteiger partial charge in [-0.3, -0.25) is 14.5 Å². The van der Waals surface area contributed by atoms with Gasteiger partial charge in [0.2, 0.25) is 5.91 Å². The lowest BCUT2D eigenvalue weighted by Gasteiger charge is -2.37. The van der Waals surface area contributed by atoms with Crippen molar-refractivity contribution in [1.29, 1.82) is 0 Å². The first-order valence-corrected chi connectivity index (χ1v) is 12.2. The quantitative estimate of drug-likeness (QED) is 0.541. The average Bonchev–Trinajstić information content (AvgIpc) is 3.11. The summed E-state index contributed by atoms with van der Waals surface area (Å²) in [5.74, 6) is 0.0213. The average molecular weight is 487 g/mol. The Morgan fingerprint density at radius 1 is 1.08 bits per heavy atom. The first kappa shape index (κ1) is 23.7. The van der Waals surface area contributed by atoms with Crippen molar-refractivity contribution < 1.29 is 19.1 Å². The van der Waals surface area contributed by atoms with E-state index in [1.54, 1.807) is 14.0 Å². The zero-order chi connectivity index (χ0) is 25.4. The Hall–Kier alpha value is -4.07. The van der Waals surface area contributed by atoms with Crippen LogP contribution in [-0.4, -0.2) is 67.0 Å². The summed E-state index contributed by atoms with van der Waals surface area (Å²) >= 11 is 0. The summed E-state index contributed by atoms with van der Waals surface area (Å²) in [5.41, 5.74) is 0.479. The second kappa shape index (κ2) is 9.18. The second-order valence-electron chi connectivity index (χ2n) is 9.53. The third kappa shape index (κ3) is 4.12. The van der Waals surface area contributed by atoms with Gasteiger partial charge in [0.25, 0.3) is 5.91 Å². The number of imide groups is 1. The van der Waals surface area contributed by atoms with E-state index in [-0.39, 0.29) is 18.6 Å². The fraction of sp³-hybridized carbons (Fsp3) is 0.321. The number of urea groups is 1. The molecular formula is C28H30N4O4. The highest BCUT2D eigenvalue weighted by molar-refractivity contribution is 6.09. The summed E-state index contributed by atoms with van der Waals surface area (Å²) in [7, 11) is 1.67. The van der Waals surface area contributed by atoms with Gasteiger partial charge in [0.1, 0.15) is 23.9 Å². The monoisotopic (exact) mass is 486 g/mol. The number of anilines is 1. The SMILES string of the molecule is CCN1C[C@H](CN(C)C(=O)CN2C(=O)N[C@](C)(c3ccc4ccccc4c3)C2=O)Oc2ccccc21. The molecule has 0 aliphatic carbocycles. The van der Waals surface area contributed by atoms with Crippen LogP contribution in [-0.2, 0) is 15.1 Å². The fourth-order valence-electron chi connectivity index (χ4n) is 4.97. The van der Waals surface area contributed by atoms with Gasteiger partial charge in [0.05, 0.1) is 18.8 Å². The minimum atomic E-state index is -1.24. The van der Waals surface area contributed by atoms with E-state index in [2.05, 4.69) is 17.1 Å². The Balaban J connectivity index is 1.27. The molecule has 1 saturated heterocycles. The molecule has 3 aromatic carbocycles. The van der Waals surface area contributed by atoms with E-state index in [1.807, 2.05) is 66.7 Å². The predicted octanol–water partition coefficient (Wildman–Crippen LogP) is 3.35. The Morgan fingerprint density at radius 2 is 1.81 bits per heavy atom. The number of fused-ring (bicyclic) bond motifs is 2. The van der Waals surface area contributed by atoms with Gasteiger partial charge in [0.15, 0.2) is 0 Å². The number of likely N-dealkylation sites (N-methyl/N-ethyl adjacent to an activating group) is 2. The Kier molecular flexibility index (Phi) is 6.04. The van der Waals surface area contributed by atoms with Gasteiger partial charge in [-0.2, -0.15) is 0 Å². The lowest BCUT2D eigenvalue weighted by molar-refractivity contribution is -0.138. The molecule has 0 spiro atoms. The molecule has 0 radical (unpaired) electrons. The van der Waals surface area contributed by atoms with E-state index in [9.17, 15) is 14.4 Å². The molecule has 4 amide bonds. The summed E-state index contributed by atoms with van der Waals surface area (Å²) in [6.07, 6.45) is -0.222. The van der Waals surface area contributed by atoms with Crippen molar-refractivity contribution >= 4 is 34.3 Å². The minimum Gasteiger partial charge on any atom is -0.485 e. The topological polar surface area (TPSA) is 82.2 Å². The predicted molar refractivity (Wildman–Crippen MR) is 138 cm³/mol. The van der Waals surface area contributed by atoms with Crippen LogP contribution in [0.25, 0.3) is 10.8 Å². The van der Waals surface area contributed by atoms with Crippen molar-refractivity contribution in [3.8, 4) is 5.75 Å². The van der Waals surface area contributed by atoms with Gasteiger partial charge in [-0.1, -0.05) is 48.5 Å². The third-order valence-corrected chi connectivity index (χ3v) is 7.10. The Labute approximate surface area is 210 Å².